The van der Waals surface area contributed by atoms with Gasteiger partial charge in [-0.3, -0.25) is 4.90 Å². The molecule has 1 unspecified atom stereocenters. The van der Waals surface area contributed by atoms with Crippen LogP contribution in [0, 0.1) is 0 Å². The highest BCUT2D eigenvalue weighted by Gasteiger charge is 2.15. The quantitative estimate of drug-likeness (QED) is 0.681. The largest absolute Gasteiger partial charge is 0.380 e. The van der Waals surface area contributed by atoms with Gasteiger partial charge in [0.15, 0.2) is 0 Å². The van der Waals surface area contributed by atoms with E-state index in [1.165, 1.54) is 0 Å². The molecule has 0 radical (unpaired) electrons. The van der Waals surface area contributed by atoms with E-state index >= 15 is 0 Å². The van der Waals surface area contributed by atoms with Gasteiger partial charge in [-0.15, -0.1) is 0 Å². The van der Waals surface area contributed by atoms with Crippen LogP contribution in [0.3, 0.4) is 0 Å². The first-order valence-electron chi connectivity index (χ1n) is 5.53. The summed E-state index contributed by atoms with van der Waals surface area (Å²) in [5, 5.41) is 0. The minimum Gasteiger partial charge on any atom is -0.380 e. The Kier molecular flexibility index (Phi) is 5.92. The Morgan fingerprint density at radius 1 is 1.56 bits per heavy atom. The maximum atomic E-state index is 5.77. The average molecular weight is 224 g/mol. The van der Waals surface area contributed by atoms with E-state index < -0.39 is 0 Å². The molecule has 2 N–H and O–H groups in total. The van der Waals surface area contributed by atoms with E-state index in [4.69, 9.17) is 10.5 Å². The lowest BCUT2D eigenvalue weighted by Gasteiger charge is -2.26. The van der Waals surface area contributed by atoms with Gasteiger partial charge < -0.3 is 10.5 Å². The second kappa shape index (κ2) is 7.27. The van der Waals surface area contributed by atoms with Crippen LogP contribution in [0.25, 0.3) is 0 Å². The van der Waals surface area contributed by atoms with E-state index in [1.54, 1.807) is 12.5 Å². The fourth-order valence-corrected chi connectivity index (χ4v) is 1.53. The third kappa shape index (κ3) is 3.84. The molecule has 5 heteroatoms. The first kappa shape index (κ1) is 13.0. The van der Waals surface area contributed by atoms with Gasteiger partial charge in [-0.25, -0.2) is 9.97 Å². The maximum absolute atomic E-state index is 5.77. The molecule has 1 heterocycles. The molecule has 1 atom stereocenters. The molecule has 0 aliphatic carbocycles. The van der Waals surface area contributed by atoms with Crippen molar-refractivity contribution in [3.05, 3.63) is 24.3 Å². The van der Waals surface area contributed by atoms with Crippen LogP contribution in [0.15, 0.2) is 18.6 Å². The topological polar surface area (TPSA) is 64.3 Å². The molecule has 1 aromatic rings. The van der Waals surface area contributed by atoms with Crippen LogP contribution >= 0.6 is 0 Å². The van der Waals surface area contributed by atoms with Crippen molar-refractivity contribution in [2.75, 3.05) is 33.4 Å². The van der Waals surface area contributed by atoms with Gasteiger partial charge in [0.25, 0.3) is 0 Å². The molecule has 0 aliphatic heterocycles. The summed E-state index contributed by atoms with van der Waals surface area (Å²) in [7, 11) is 2.03. The van der Waals surface area contributed by atoms with Crippen molar-refractivity contribution in [1.29, 1.82) is 0 Å². The van der Waals surface area contributed by atoms with Gasteiger partial charge in [0.1, 0.15) is 6.33 Å². The predicted octanol–water partition coefficient (Wildman–Crippen LogP) is 0.445. The molecule has 5 nitrogen and oxygen atoms in total. The van der Waals surface area contributed by atoms with Crippen molar-refractivity contribution in [3.8, 4) is 0 Å². The Morgan fingerprint density at radius 2 is 2.38 bits per heavy atom. The number of hydrogen-bond donors (Lipinski definition) is 1. The zero-order chi connectivity index (χ0) is 11.8. The summed E-state index contributed by atoms with van der Waals surface area (Å²) in [5.41, 5.74) is 6.72. The maximum Gasteiger partial charge on any atom is 0.115 e. The van der Waals surface area contributed by atoms with Gasteiger partial charge in [0, 0.05) is 25.9 Å². The van der Waals surface area contributed by atoms with Crippen molar-refractivity contribution in [3.63, 3.8) is 0 Å². The lowest BCUT2D eigenvalue weighted by molar-refractivity contribution is 0.107. The molecule has 0 amide bonds. The number of nitrogens with zero attached hydrogens (tertiary/aromatic N) is 3. The molecule has 0 aromatic carbocycles. The Hall–Kier alpha value is -1.04. The molecule has 0 saturated heterocycles. The number of aromatic nitrogens is 2. The highest BCUT2D eigenvalue weighted by Crippen LogP contribution is 2.14. The highest BCUT2D eigenvalue weighted by molar-refractivity contribution is 5.05. The van der Waals surface area contributed by atoms with Crippen LogP contribution in [0.2, 0.25) is 0 Å². The summed E-state index contributed by atoms with van der Waals surface area (Å²) < 4.78 is 5.32. The SMILES string of the molecule is CCOCCN(C)C(CN)c1ccncn1. The summed E-state index contributed by atoms with van der Waals surface area (Å²) in [6.45, 7) is 4.84. The molecule has 0 bridgehead atoms. The summed E-state index contributed by atoms with van der Waals surface area (Å²) in [4.78, 5) is 10.3. The first-order valence-corrected chi connectivity index (χ1v) is 5.53. The van der Waals surface area contributed by atoms with E-state index in [0.29, 0.717) is 13.2 Å². The Morgan fingerprint density at radius 3 is 2.94 bits per heavy atom. The molecule has 16 heavy (non-hydrogen) atoms. The minimum atomic E-state index is 0.128. The van der Waals surface area contributed by atoms with Crippen LogP contribution in [-0.4, -0.2) is 48.2 Å². The van der Waals surface area contributed by atoms with Crippen molar-refractivity contribution in [1.82, 2.24) is 14.9 Å². The van der Waals surface area contributed by atoms with Crippen molar-refractivity contribution in [2.24, 2.45) is 5.73 Å². The molecule has 0 saturated carbocycles. The van der Waals surface area contributed by atoms with Gasteiger partial charge in [-0.2, -0.15) is 0 Å². The average Bonchev–Trinajstić information content (AvgIpc) is 2.32. The molecular formula is C11H20N4O. The summed E-state index contributed by atoms with van der Waals surface area (Å²) >= 11 is 0. The molecular weight excluding hydrogens is 204 g/mol. The summed E-state index contributed by atoms with van der Waals surface area (Å²) in [5.74, 6) is 0. The van der Waals surface area contributed by atoms with Crippen LogP contribution in [0.5, 0.6) is 0 Å². The lowest BCUT2D eigenvalue weighted by Crippen LogP contribution is -2.33. The van der Waals surface area contributed by atoms with E-state index in [0.717, 1.165) is 18.8 Å². The Labute approximate surface area is 96.6 Å². The number of nitrogens with two attached hydrogens (primary N) is 1. The molecule has 1 rings (SSSR count). The third-order valence-corrected chi connectivity index (χ3v) is 2.49. The van der Waals surface area contributed by atoms with E-state index in [-0.39, 0.29) is 6.04 Å². The van der Waals surface area contributed by atoms with Gasteiger partial charge in [-0.1, -0.05) is 0 Å². The zero-order valence-corrected chi connectivity index (χ0v) is 9.97. The molecule has 1 aromatic heterocycles. The predicted molar refractivity (Wildman–Crippen MR) is 63.0 cm³/mol. The number of hydrogen-bond acceptors (Lipinski definition) is 5. The van der Waals surface area contributed by atoms with E-state index in [2.05, 4.69) is 14.9 Å². The number of ether oxygens (including phenoxy) is 1. The van der Waals surface area contributed by atoms with E-state index in [1.807, 2.05) is 20.0 Å². The first-order chi connectivity index (χ1) is 7.79. The monoisotopic (exact) mass is 224 g/mol. The smallest absolute Gasteiger partial charge is 0.115 e. The molecule has 90 valence electrons. The molecule has 0 aliphatic rings. The Balaban J connectivity index is 2.53. The fraction of sp³-hybridized carbons (Fsp3) is 0.636. The van der Waals surface area contributed by atoms with E-state index in [9.17, 15) is 0 Å². The summed E-state index contributed by atoms with van der Waals surface area (Å²) in [6, 6.07) is 2.03. The van der Waals surface area contributed by atoms with Crippen molar-refractivity contribution < 1.29 is 4.74 Å². The van der Waals surface area contributed by atoms with Gasteiger partial charge >= 0.3 is 0 Å². The standard InChI is InChI=1S/C11H20N4O/c1-3-16-7-6-15(2)11(8-12)10-4-5-13-9-14-10/h4-5,9,11H,3,6-8,12H2,1-2H3. The van der Waals surface area contributed by atoms with Crippen LogP contribution in [-0.2, 0) is 4.74 Å². The van der Waals surface area contributed by atoms with Gasteiger partial charge in [0.2, 0.25) is 0 Å². The third-order valence-electron chi connectivity index (χ3n) is 2.49. The highest BCUT2D eigenvalue weighted by atomic mass is 16.5. The number of rotatable bonds is 7. The van der Waals surface area contributed by atoms with Crippen molar-refractivity contribution >= 4 is 0 Å². The lowest BCUT2D eigenvalue weighted by atomic mass is 10.2. The van der Waals surface area contributed by atoms with Crippen molar-refractivity contribution in [2.45, 2.75) is 13.0 Å². The van der Waals surface area contributed by atoms with Gasteiger partial charge in [0.05, 0.1) is 18.3 Å². The second-order valence-electron chi connectivity index (χ2n) is 3.56. The zero-order valence-electron chi connectivity index (χ0n) is 9.97. The minimum absolute atomic E-state index is 0.128. The second-order valence-corrected chi connectivity index (χ2v) is 3.56. The Bertz CT molecular complexity index is 281. The fourth-order valence-electron chi connectivity index (χ4n) is 1.53. The normalized spacial score (nSPS) is 13.0. The van der Waals surface area contributed by atoms with Crippen LogP contribution in [0.4, 0.5) is 0 Å². The molecule has 0 fully saturated rings. The van der Waals surface area contributed by atoms with Crippen LogP contribution in [0.1, 0.15) is 18.7 Å². The van der Waals surface area contributed by atoms with Gasteiger partial charge in [-0.05, 0) is 20.0 Å². The summed E-state index contributed by atoms with van der Waals surface area (Å²) in [6.07, 6.45) is 3.29. The molecule has 0 spiro atoms. The van der Waals surface area contributed by atoms with Crippen LogP contribution < -0.4 is 5.73 Å². The number of likely N-dealkylation sites (N-methyl/N-ethyl adjacent to an activating group) is 1.